The van der Waals surface area contributed by atoms with Crippen LogP contribution in [-0.4, -0.2) is 13.2 Å². The van der Waals surface area contributed by atoms with Crippen LogP contribution >= 0.6 is 0 Å². The highest BCUT2D eigenvalue weighted by Gasteiger charge is 2.13. The molecule has 0 aromatic heterocycles. The van der Waals surface area contributed by atoms with Gasteiger partial charge in [0.05, 0.1) is 0 Å². The molecule has 0 saturated heterocycles. The molecule has 1 N–H and O–H groups in total. The van der Waals surface area contributed by atoms with Crippen LogP contribution in [0.2, 0.25) is 0 Å². The van der Waals surface area contributed by atoms with Crippen LogP contribution < -0.4 is 10.1 Å². The second-order valence-electron chi connectivity index (χ2n) is 5.12. The van der Waals surface area contributed by atoms with Crippen LogP contribution in [0.1, 0.15) is 37.7 Å². The quantitative estimate of drug-likeness (QED) is 0.844. The number of benzene rings is 1. The molecule has 0 bridgehead atoms. The molecule has 1 saturated carbocycles. The van der Waals surface area contributed by atoms with Crippen LogP contribution in [-0.2, 0) is 6.54 Å². The lowest BCUT2D eigenvalue weighted by Gasteiger charge is -2.22. The van der Waals surface area contributed by atoms with Gasteiger partial charge in [0.15, 0.2) is 0 Å². The Bertz CT molecular complexity index is 378. The van der Waals surface area contributed by atoms with Gasteiger partial charge >= 0.3 is 6.61 Å². The van der Waals surface area contributed by atoms with Gasteiger partial charge in [-0.25, -0.2) is 0 Å². The topological polar surface area (TPSA) is 21.3 Å². The standard InChI is InChI=1S/C15H21F2NO/c16-15(17)19-14-9-5-4-8-13(14)11-18-10-12-6-2-1-3-7-12/h4-5,8-9,12,15,18H,1-3,6-7,10-11H2. The summed E-state index contributed by atoms with van der Waals surface area (Å²) in [5.74, 6) is 1.01. The number of alkyl halides is 2. The first-order chi connectivity index (χ1) is 9.25. The van der Waals surface area contributed by atoms with E-state index in [2.05, 4.69) is 10.1 Å². The zero-order chi connectivity index (χ0) is 13.5. The Labute approximate surface area is 113 Å². The van der Waals surface area contributed by atoms with Crippen LogP contribution in [0.15, 0.2) is 24.3 Å². The molecule has 0 unspecified atom stereocenters. The molecule has 1 aromatic rings. The molecule has 4 heteroatoms. The van der Waals surface area contributed by atoms with E-state index < -0.39 is 6.61 Å². The minimum Gasteiger partial charge on any atom is -0.434 e. The van der Waals surface area contributed by atoms with E-state index >= 15 is 0 Å². The molecule has 0 spiro atoms. The Morgan fingerprint density at radius 1 is 1.16 bits per heavy atom. The summed E-state index contributed by atoms with van der Waals surface area (Å²) in [6, 6.07) is 6.97. The summed E-state index contributed by atoms with van der Waals surface area (Å²) in [5.41, 5.74) is 0.790. The van der Waals surface area contributed by atoms with E-state index in [1.165, 1.54) is 32.1 Å². The lowest BCUT2D eigenvalue weighted by atomic mass is 9.89. The van der Waals surface area contributed by atoms with Gasteiger partial charge in [0.25, 0.3) is 0 Å². The summed E-state index contributed by atoms with van der Waals surface area (Å²) in [6.45, 7) is -1.22. The zero-order valence-corrected chi connectivity index (χ0v) is 11.1. The van der Waals surface area contributed by atoms with Crippen LogP contribution in [0.5, 0.6) is 5.75 Å². The molecule has 2 rings (SSSR count). The number of halogens is 2. The van der Waals surface area contributed by atoms with Gasteiger partial charge in [0.2, 0.25) is 0 Å². The zero-order valence-electron chi connectivity index (χ0n) is 11.1. The highest BCUT2D eigenvalue weighted by atomic mass is 19.3. The lowest BCUT2D eigenvalue weighted by Crippen LogP contribution is -2.24. The first kappa shape index (κ1) is 14.3. The van der Waals surface area contributed by atoms with Crippen LogP contribution in [0.25, 0.3) is 0 Å². The molecule has 1 fully saturated rings. The summed E-state index contributed by atoms with van der Waals surface area (Å²) >= 11 is 0. The maximum atomic E-state index is 12.3. The molecular formula is C15H21F2NO. The highest BCUT2D eigenvalue weighted by Crippen LogP contribution is 2.23. The molecule has 0 aliphatic heterocycles. The number of nitrogens with one attached hydrogen (secondary N) is 1. The van der Waals surface area contributed by atoms with Crippen molar-refractivity contribution in [1.29, 1.82) is 0 Å². The van der Waals surface area contributed by atoms with Gasteiger partial charge in [-0.15, -0.1) is 0 Å². The Morgan fingerprint density at radius 3 is 2.63 bits per heavy atom. The molecule has 2 nitrogen and oxygen atoms in total. The highest BCUT2D eigenvalue weighted by molar-refractivity contribution is 5.33. The van der Waals surface area contributed by atoms with E-state index in [0.29, 0.717) is 6.54 Å². The average Bonchev–Trinajstić information content (AvgIpc) is 2.41. The monoisotopic (exact) mass is 269 g/mol. The predicted octanol–water partition coefficient (Wildman–Crippen LogP) is 3.96. The second-order valence-corrected chi connectivity index (χ2v) is 5.12. The van der Waals surface area contributed by atoms with Crippen molar-refractivity contribution in [2.45, 2.75) is 45.3 Å². The van der Waals surface area contributed by atoms with Gasteiger partial charge in [0, 0.05) is 12.1 Å². The Kier molecular flexibility index (Phi) is 5.58. The second kappa shape index (κ2) is 7.43. The van der Waals surface area contributed by atoms with E-state index in [1.54, 1.807) is 12.1 Å². The minimum absolute atomic E-state index is 0.272. The van der Waals surface area contributed by atoms with Crippen LogP contribution in [0, 0.1) is 5.92 Å². The summed E-state index contributed by atoms with van der Waals surface area (Å²) in [5, 5.41) is 3.36. The number of rotatable bonds is 6. The molecule has 106 valence electrons. The minimum atomic E-state index is -2.76. The summed E-state index contributed by atoms with van der Waals surface area (Å²) < 4.78 is 29.1. The van der Waals surface area contributed by atoms with Crippen molar-refractivity contribution >= 4 is 0 Å². The third-order valence-corrected chi connectivity index (χ3v) is 3.66. The Balaban J connectivity index is 1.81. The number of hydrogen-bond donors (Lipinski definition) is 1. The van der Waals surface area contributed by atoms with E-state index in [0.717, 1.165) is 18.0 Å². The van der Waals surface area contributed by atoms with Crippen molar-refractivity contribution in [2.24, 2.45) is 5.92 Å². The Hall–Kier alpha value is -1.16. The van der Waals surface area contributed by atoms with E-state index in [4.69, 9.17) is 0 Å². The molecule has 19 heavy (non-hydrogen) atoms. The number of hydrogen-bond acceptors (Lipinski definition) is 2. The van der Waals surface area contributed by atoms with Crippen molar-refractivity contribution < 1.29 is 13.5 Å². The van der Waals surface area contributed by atoms with Gasteiger partial charge in [-0.3, -0.25) is 0 Å². The third kappa shape index (κ3) is 4.78. The van der Waals surface area contributed by atoms with Gasteiger partial charge < -0.3 is 10.1 Å². The number of ether oxygens (including phenoxy) is 1. The van der Waals surface area contributed by atoms with E-state index in [1.807, 2.05) is 12.1 Å². The normalized spacial score (nSPS) is 16.8. The predicted molar refractivity (Wildman–Crippen MR) is 71.4 cm³/mol. The van der Waals surface area contributed by atoms with Crippen molar-refractivity contribution in [3.63, 3.8) is 0 Å². The Morgan fingerprint density at radius 2 is 1.89 bits per heavy atom. The van der Waals surface area contributed by atoms with E-state index in [-0.39, 0.29) is 5.75 Å². The van der Waals surface area contributed by atoms with Crippen molar-refractivity contribution in [3.05, 3.63) is 29.8 Å². The molecule has 0 heterocycles. The summed E-state index contributed by atoms with van der Waals surface area (Å²) in [6.07, 6.45) is 6.54. The fourth-order valence-corrected chi connectivity index (χ4v) is 2.66. The fourth-order valence-electron chi connectivity index (χ4n) is 2.66. The molecule has 1 aromatic carbocycles. The van der Waals surface area contributed by atoms with Crippen molar-refractivity contribution in [3.8, 4) is 5.75 Å². The van der Waals surface area contributed by atoms with E-state index in [9.17, 15) is 8.78 Å². The fraction of sp³-hybridized carbons (Fsp3) is 0.600. The third-order valence-electron chi connectivity index (χ3n) is 3.66. The van der Waals surface area contributed by atoms with Gasteiger partial charge in [-0.2, -0.15) is 8.78 Å². The summed E-state index contributed by atoms with van der Waals surface area (Å²) in [4.78, 5) is 0. The molecule has 0 amide bonds. The maximum absolute atomic E-state index is 12.3. The van der Waals surface area contributed by atoms with Crippen LogP contribution in [0.3, 0.4) is 0 Å². The first-order valence-corrected chi connectivity index (χ1v) is 6.99. The van der Waals surface area contributed by atoms with Gasteiger partial charge in [0.1, 0.15) is 5.75 Å². The smallest absolute Gasteiger partial charge is 0.387 e. The molecule has 1 aliphatic carbocycles. The summed E-state index contributed by atoms with van der Waals surface area (Å²) in [7, 11) is 0. The number of para-hydroxylation sites is 1. The van der Waals surface area contributed by atoms with Gasteiger partial charge in [-0.1, -0.05) is 37.5 Å². The molecular weight excluding hydrogens is 248 g/mol. The van der Waals surface area contributed by atoms with Crippen LogP contribution in [0.4, 0.5) is 8.78 Å². The largest absolute Gasteiger partial charge is 0.434 e. The van der Waals surface area contributed by atoms with Gasteiger partial charge in [-0.05, 0) is 31.4 Å². The molecule has 0 atom stereocenters. The lowest BCUT2D eigenvalue weighted by molar-refractivity contribution is -0.0505. The average molecular weight is 269 g/mol. The molecule has 1 aliphatic rings. The SMILES string of the molecule is FC(F)Oc1ccccc1CNCC1CCCCC1. The first-order valence-electron chi connectivity index (χ1n) is 6.99. The van der Waals surface area contributed by atoms with Crippen molar-refractivity contribution in [2.75, 3.05) is 6.54 Å². The van der Waals surface area contributed by atoms with Crippen molar-refractivity contribution in [1.82, 2.24) is 5.32 Å². The molecule has 0 radical (unpaired) electrons. The maximum Gasteiger partial charge on any atom is 0.387 e.